The van der Waals surface area contributed by atoms with E-state index in [-0.39, 0.29) is 0 Å². The van der Waals surface area contributed by atoms with Gasteiger partial charge in [-0.15, -0.1) is 0 Å². The molecule has 0 amide bonds. The third kappa shape index (κ3) is 4.87. The van der Waals surface area contributed by atoms with Crippen molar-refractivity contribution >= 4 is 15.9 Å². The molecule has 3 heteroatoms. The molecule has 0 aromatic heterocycles. The fourth-order valence-corrected chi connectivity index (χ4v) is 2.75. The van der Waals surface area contributed by atoms with Gasteiger partial charge in [-0.25, -0.2) is 0 Å². The van der Waals surface area contributed by atoms with Crippen molar-refractivity contribution in [3.8, 4) is 5.75 Å². The lowest BCUT2D eigenvalue weighted by Gasteiger charge is -2.17. The van der Waals surface area contributed by atoms with Gasteiger partial charge < -0.3 is 10.1 Å². The molecule has 1 atom stereocenters. The Labute approximate surface area is 135 Å². The highest BCUT2D eigenvalue weighted by Crippen LogP contribution is 2.15. The molecular weight excluding hydrogens is 326 g/mol. The van der Waals surface area contributed by atoms with Crippen LogP contribution >= 0.6 is 15.9 Å². The molecule has 0 radical (unpaired) electrons. The number of alkyl halides is 1. The number of halogens is 1. The predicted octanol–water partition coefficient (Wildman–Crippen LogP) is 3.96. The van der Waals surface area contributed by atoms with Crippen LogP contribution in [0.4, 0.5) is 0 Å². The van der Waals surface area contributed by atoms with Gasteiger partial charge in [-0.3, -0.25) is 0 Å². The van der Waals surface area contributed by atoms with E-state index in [2.05, 4.69) is 57.6 Å². The van der Waals surface area contributed by atoms with Crippen molar-refractivity contribution < 1.29 is 4.74 Å². The van der Waals surface area contributed by atoms with Crippen LogP contribution in [0.1, 0.15) is 16.7 Å². The van der Waals surface area contributed by atoms with Crippen molar-refractivity contribution in [3.63, 3.8) is 0 Å². The summed E-state index contributed by atoms with van der Waals surface area (Å²) in [6, 6.07) is 17.6. The van der Waals surface area contributed by atoms with E-state index in [0.29, 0.717) is 6.04 Å². The molecule has 2 rings (SSSR count). The molecule has 0 heterocycles. The van der Waals surface area contributed by atoms with Crippen molar-refractivity contribution in [2.75, 3.05) is 14.2 Å². The highest BCUT2D eigenvalue weighted by atomic mass is 79.9. The highest BCUT2D eigenvalue weighted by molar-refractivity contribution is 9.08. The SMILES string of the molecule is CNC(Cc1ccc(CBr)cc1)Cc1ccc(OC)cc1. The summed E-state index contributed by atoms with van der Waals surface area (Å²) in [5.41, 5.74) is 4.01. The van der Waals surface area contributed by atoms with Crippen molar-refractivity contribution in [3.05, 3.63) is 65.2 Å². The summed E-state index contributed by atoms with van der Waals surface area (Å²) in [5.74, 6) is 0.908. The van der Waals surface area contributed by atoms with E-state index in [1.165, 1.54) is 16.7 Å². The van der Waals surface area contributed by atoms with Crippen molar-refractivity contribution in [1.29, 1.82) is 0 Å². The summed E-state index contributed by atoms with van der Waals surface area (Å²) in [6.07, 6.45) is 2.05. The Morgan fingerprint density at radius 2 is 1.38 bits per heavy atom. The summed E-state index contributed by atoms with van der Waals surface area (Å²) in [6.45, 7) is 0. The quantitative estimate of drug-likeness (QED) is 0.765. The van der Waals surface area contributed by atoms with Gasteiger partial charge in [-0.05, 0) is 48.7 Å². The molecule has 0 aliphatic carbocycles. The average molecular weight is 348 g/mol. The summed E-state index contributed by atoms with van der Waals surface area (Å²) in [7, 11) is 3.73. The Morgan fingerprint density at radius 3 is 1.81 bits per heavy atom. The highest BCUT2D eigenvalue weighted by Gasteiger charge is 2.08. The molecule has 2 aromatic carbocycles. The Morgan fingerprint density at radius 1 is 0.905 bits per heavy atom. The van der Waals surface area contributed by atoms with Crippen molar-refractivity contribution in [2.45, 2.75) is 24.2 Å². The van der Waals surface area contributed by atoms with Crippen LogP contribution in [0, 0.1) is 0 Å². The Kier molecular flexibility index (Phi) is 6.27. The minimum Gasteiger partial charge on any atom is -0.497 e. The fourth-order valence-electron chi connectivity index (χ4n) is 2.37. The molecule has 21 heavy (non-hydrogen) atoms. The lowest BCUT2D eigenvalue weighted by Crippen LogP contribution is -2.29. The van der Waals surface area contributed by atoms with Gasteiger partial charge >= 0.3 is 0 Å². The van der Waals surface area contributed by atoms with Gasteiger partial charge in [0, 0.05) is 11.4 Å². The maximum absolute atomic E-state index is 5.20. The van der Waals surface area contributed by atoms with Crippen LogP contribution in [0.25, 0.3) is 0 Å². The lowest BCUT2D eigenvalue weighted by molar-refractivity contribution is 0.414. The van der Waals surface area contributed by atoms with Crippen LogP contribution in [-0.4, -0.2) is 20.2 Å². The maximum Gasteiger partial charge on any atom is 0.118 e. The molecule has 1 N–H and O–H groups in total. The molecule has 112 valence electrons. The summed E-state index contributed by atoms with van der Waals surface area (Å²) in [5, 5.41) is 4.33. The van der Waals surface area contributed by atoms with Crippen molar-refractivity contribution in [2.24, 2.45) is 0 Å². The molecule has 0 bridgehead atoms. The van der Waals surface area contributed by atoms with Gasteiger partial charge in [0.1, 0.15) is 5.75 Å². The molecule has 0 aliphatic heterocycles. The van der Waals surface area contributed by atoms with Crippen LogP contribution in [0.15, 0.2) is 48.5 Å². The van der Waals surface area contributed by atoms with Crippen LogP contribution < -0.4 is 10.1 Å². The Bertz CT molecular complexity index is 487. The molecule has 0 saturated carbocycles. The third-order valence-corrected chi connectivity index (χ3v) is 4.36. The Hall–Kier alpha value is -1.32. The van der Waals surface area contributed by atoms with Gasteiger partial charge in [0.2, 0.25) is 0 Å². The number of methoxy groups -OCH3 is 1. The van der Waals surface area contributed by atoms with Gasteiger partial charge in [-0.2, -0.15) is 0 Å². The van der Waals surface area contributed by atoms with E-state index < -0.39 is 0 Å². The van der Waals surface area contributed by atoms with E-state index in [4.69, 9.17) is 4.74 Å². The second-order valence-corrected chi connectivity index (χ2v) is 5.75. The number of hydrogen-bond donors (Lipinski definition) is 1. The first-order chi connectivity index (χ1) is 10.2. The van der Waals surface area contributed by atoms with E-state index in [1.54, 1.807) is 7.11 Å². The molecule has 1 unspecified atom stereocenters. The number of hydrogen-bond acceptors (Lipinski definition) is 2. The molecule has 2 aromatic rings. The fraction of sp³-hybridized carbons (Fsp3) is 0.333. The molecule has 2 nitrogen and oxygen atoms in total. The number of likely N-dealkylation sites (N-methyl/N-ethyl adjacent to an activating group) is 1. The van der Waals surface area contributed by atoms with Crippen LogP contribution in [0.2, 0.25) is 0 Å². The topological polar surface area (TPSA) is 21.3 Å². The van der Waals surface area contributed by atoms with E-state index in [9.17, 15) is 0 Å². The van der Waals surface area contributed by atoms with Crippen LogP contribution in [0.5, 0.6) is 5.75 Å². The normalized spacial score (nSPS) is 12.1. The second-order valence-electron chi connectivity index (χ2n) is 5.19. The maximum atomic E-state index is 5.20. The molecule has 0 spiro atoms. The number of rotatable bonds is 7. The van der Waals surface area contributed by atoms with Gasteiger partial charge in [-0.1, -0.05) is 52.3 Å². The standard InChI is InChI=1S/C18H22BrNO/c1-20-17(11-14-3-5-16(13-19)6-4-14)12-15-7-9-18(21-2)10-8-15/h3-10,17,20H,11-13H2,1-2H3. The van der Waals surface area contributed by atoms with Gasteiger partial charge in [0.15, 0.2) is 0 Å². The zero-order valence-corrected chi connectivity index (χ0v) is 14.2. The van der Waals surface area contributed by atoms with Crippen molar-refractivity contribution in [1.82, 2.24) is 5.32 Å². The predicted molar refractivity (Wildman–Crippen MR) is 92.3 cm³/mol. The first kappa shape index (κ1) is 16.1. The zero-order valence-electron chi connectivity index (χ0n) is 12.6. The summed E-state index contributed by atoms with van der Waals surface area (Å²) < 4.78 is 5.20. The third-order valence-electron chi connectivity index (χ3n) is 3.71. The average Bonchev–Trinajstić information content (AvgIpc) is 2.55. The zero-order chi connectivity index (χ0) is 15.1. The molecule has 0 aliphatic rings. The number of benzene rings is 2. The summed E-state index contributed by atoms with van der Waals surface area (Å²) in [4.78, 5) is 0. The van der Waals surface area contributed by atoms with Crippen LogP contribution in [-0.2, 0) is 18.2 Å². The summed E-state index contributed by atoms with van der Waals surface area (Å²) >= 11 is 3.48. The molecule has 0 saturated heterocycles. The van der Waals surface area contributed by atoms with Gasteiger partial charge in [0.25, 0.3) is 0 Å². The Balaban J connectivity index is 1.98. The first-order valence-electron chi connectivity index (χ1n) is 7.19. The minimum atomic E-state index is 0.438. The molecular formula is C18H22BrNO. The van der Waals surface area contributed by atoms with E-state index in [1.807, 2.05) is 19.2 Å². The second kappa shape index (κ2) is 8.20. The largest absolute Gasteiger partial charge is 0.497 e. The number of nitrogens with one attached hydrogen (secondary N) is 1. The first-order valence-corrected chi connectivity index (χ1v) is 8.31. The van der Waals surface area contributed by atoms with Gasteiger partial charge in [0.05, 0.1) is 7.11 Å². The number of ether oxygens (including phenoxy) is 1. The minimum absolute atomic E-state index is 0.438. The smallest absolute Gasteiger partial charge is 0.118 e. The lowest BCUT2D eigenvalue weighted by atomic mass is 9.98. The molecule has 0 fully saturated rings. The van der Waals surface area contributed by atoms with E-state index in [0.717, 1.165) is 23.9 Å². The monoisotopic (exact) mass is 347 g/mol. The van der Waals surface area contributed by atoms with Crippen LogP contribution in [0.3, 0.4) is 0 Å². The van der Waals surface area contributed by atoms with E-state index >= 15 is 0 Å².